The summed E-state index contributed by atoms with van der Waals surface area (Å²) in [6, 6.07) is 15.3. The fourth-order valence-corrected chi connectivity index (χ4v) is 2.59. The summed E-state index contributed by atoms with van der Waals surface area (Å²) in [6.45, 7) is 1.35. The standard InChI is InChI=1S/C17H12N4O/c18-9-12-4-3-5-13(8-12)17-20-14-10-21(11-15(14)22-17)16-6-1-2-7-19-16/h1-8H,10-11H2. The van der Waals surface area contributed by atoms with E-state index in [1.807, 2.05) is 30.3 Å². The summed E-state index contributed by atoms with van der Waals surface area (Å²) in [6.07, 6.45) is 1.78. The van der Waals surface area contributed by atoms with E-state index in [-0.39, 0.29) is 0 Å². The highest BCUT2D eigenvalue weighted by atomic mass is 16.4. The van der Waals surface area contributed by atoms with Gasteiger partial charge in [-0.15, -0.1) is 0 Å². The van der Waals surface area contributed by atoms with E-state index in [1.165, 1.54) is 0 Å². The van der Waals surface area contributed by atoms with Gasteiger partial charge in [-0.05, 0) is 30.3 Å². The number of benzene rings is 1. The van der Waals surface area contributed by atoms with E-state index in [2.05, 4.69) is 20.9 Å². The van der Waals surface area contributed by atoms with Crippen LogP contribution >= 0.6 is 0 Å². The van der Waals surface area contributed by atoms with Gasteiger partial charge in [0.25, 0.3) is 0 Å². The van der Waals surface area contributed by atoms with Gasteiger partial charge >= 0.3 is 0 Å². The second-order valence-electron chi connectivity index (χ2n) is 5.13. The lowest BCUT2D eigenvalue weighted by Crippen LogP contribution is -2.16. The van der Waals surface area contributed by atoms with Crippen molar-refractivity contribution in [1.29, 1.82) is 5.26 Å². The van der Waals surface area contributed by atoms with Gasteiger partial charge in [-0.3, -0.25) is 0 Å². The van der Waals surface area contributed by atoms with Gasteiger partial charge in [0.1, 0.15) is 17.3 Å². The third kappa shape index (κ3) is 2.11. The molecular weight excluding hydrogens is 276 g/mol. The first-order chi connectivity index (χ1) is 10.8. The van der Waals surface area contributed by atoms with Crippen LogP contribution in [0.2, 0.25) is 0 Å². The smallest absolute Gasteiger partial charge is 0.226 e. The summed E-state index contributed by atoms with van der Waals surface area (Å²) < 4.78 is 5.87. The van der Waals surface area contributed by atoms with E-state index < -0.39 is 0 Å². The molecule has 4 rings (SSSR count). The van der Waals surface area contributed by atoms with Crippen molar-refractivity contribution >= 4 is 5.82 Å². The topological polar surface area (TPSA) is 66.0 Å². The third-order valence-electron chi connectivity index (χ3n) is 3.67. The fourth-order valence-electron chi connectivity index (χ4n) is 2.59. The minimum atomic E-state index is 0.572. The highest BCUT2D eigenvalue weighted by Crippen LogP contribution is 2.30. The van der Waals surface area contributed by atoms with Crippen molar-refractivity contribution < 1.29 is 4.42 Å². The molecule has 0 saturated heterocycles. The van der Waals surface area contributed by atoms with Crippen molar-refractivity contribution in [2.75, 3.05) is 4.90 Å². The molecule has 1 aromatic carbocycles. The number of hydrogen-bond donors (Lipinski definition) is 0. The number of pyridine rings is 1. The van der Waals surface area contributed by atoms with Crippen LogP contribution in [0.3, 0.4) is 0 Å². The monoisotopic (exact) mass is 288 g/mol. The van der Waals surface area contributed by atoms with Crippen molar-refractivity contribution in [3.63, 3.8) is 0 Å². The summed E-state index contributed by atoms with van der Waals surface area (Å²) >= 11 is 0. The van der Waals surface area contributed by atoms with Crippen molar-refractivity contribution in [3.05, 3.63) is 65.7 Å². The Morgan fingerprint density at radius 2 is 2.09 bits per heavy atom. The molecule has 2 aromatic heterocycles. The number of anilines is 1. The average molecular weight is 288 g/mol. The first-order valence-corrected chi connectivity index (χ1v) is 6.98. The molecule has 1 aliphatic heterocycles. The van der Waals surface area contributed by atoms with Gasteiger partial charge in [0, 0.05) is 11.8 Å². The maximum atomic E-state index is 8.97. The molecule has 106 valence electrons. The lowest BCUT2D eigenvalue weighted by atomic mass is 10.1. The number of nitrogens with zero attached hydrogens (tertiary/aromatic N) is 4. The quantitative estimate of drug-likeness (QED) is 0.724. The van der Waals surface area contributed by atoms with Gasteiger partial charge in [-0.2, -0.15) is 5.26 Å². The zero-order valence-corrected chi connectivity index (χ0v) is 11.7. The Morgan fingerprint density at radius 1 is 1.14 bits per heavy atom. The SMILES string of the molecule is N#Cc1cccc(-c2nc3c(o2)CN(c2ccccn2)C3)c1. The predicted octanol–water partition coefficient (Wildman–Crippen LogP) is 3.13. The molecule has 0 unspecified atom stereocenters. The number of rotatable bonds is 2. The summed E-state index contributed by atoms with van der Waals surface area (Å²) in [5.41, 5.74) is 2.37. The van der Waals surface area contributed by atoms with Crippen LogP contribution in [0.25, 0.3) is 11.5 Å². The second kappa shape index (κ2) is 5.01. The molecule has 0 amide bonds. The molecule has 0 atom stereocenters. The van der Waals surface area contributed by atoms with E-state index >= 15 is 0 Å². The first-order valence-electron chi connectivity index (χ1n) is 6.98. The van der Waals surface area contributed by atoms with Crippen LogP contribution in [0.15, 0.2) is 53.1 Å². The van der Waals surface area contributed by atoms with Gasteiger partial charge in [-0.25, -0.2) is 9.97 Å². The van der Waals surface area contributed by atoms with E-state index in [1.54, 1.807) is 18.3 Å². The number of oxazole rings is 1. The molecule has 0 saturated carbocycles. The molecule has 0 bridgehead atoms. The molecule has 5 nitrogen and oxygen atoms in total. The largest absolute Gasteiger partial charge is 0.439 e. The number of aromatic nitrogens is 2. The molecule has 3 heterocycles. The van der Waals surface area contributed by atoms with E-state index in [4.69, 9.17) is 9.68 Å². The third-order valence-corrected chi connectivity index (χ3v) is 3.67. The van der Waals surface area contributed by atoms with Gasteiger partial charge < -0.3 is 9.32 Å². The molecule has 0 fully saturated rings. The molecular formula is C17H12N4O. The van der Waals surface area contributed by atoms with Crippen LogP contribution in [-0.4, -0.2) is 9.97 Å². The predicted molar refractivity (Wildman–Crippen MR) is 80.8 cm³/mol. The van der Waals surface area contributed by atoms with Crippen molar-refractivity contribution in [2.45, 2.75) is 13.1 Å². The van der Waals surface area contributed by atoms with Gasteiger partial charge in [0.05, 0.1) is 24.7 Å². The Kier molecular flexibility index (Phi) is 2.87. The molecule has 0 spiro atoms. The molecule has 0 radical (unpaired) electrons. The van der Waals surface area contributed by atoms with Crippen LogP contribution in [0.5, 0.6) is 0 Å². The van der Waals surface area contributed by atoms with Crippen molar-refractivity contribution in [3.8, 4) is 17.5 Å². The van der Waals surface area contributed by atoms with Crippen LogP contribution < -0.4 is 4.90 Å². The first kappa shape index (κ1) is 12.6. The van der Waals surface area contributed by atoms with Crippen molar-refractivity contribution in [1.82, 2.24) is 9.97 Å². The maximum absolute atomic E-state index is 8.97. The van der Waals surface area contributed by atoms with Crippen LogP contribution in [-0.2, 0) is 13.1 Å². The van der Waals surface area contributed by atoms with E-state index in [9.17, 15) is 0 Å². The fraction of sp³-hybridized carbons (Fsp3) is 0.118. The highest BCUT2D eigenvalue weighted by Gasteiger charge is 2.26. The summed E-state index contributed by atoms with van der Waals surface area (Å²) in [7, 11) is 0. The Bertz CT molecular complexity index is 840. The minimum absolute atomic E-state index is 0.572. The molecule has 0 aliphatic carbocycles. The Morgan fingerprint density at radius 3 is 2.86 bits per heavy atom. The van der Waals surface area contributed by atoms with Gasteiger partial charge in [0.15, 0.2) is 0 Å². The van der Waals surface area contributed by atoms with Gasteiger partial charge in [0.2, 0.25) is 5.89 Å². The normalized spacial score (nSPS) is 13.0. The van der Waals surface area contributed by atoms with E-state index in [0.29, 0.717) is 24.5 Å². The molecule has 5 heteroatoms. The van der Waals surface area contributed by atoms with Crippen LogP contribution in [0.4, 0.5) is 5.82 Å². The summed E-state index contributed by atoms with van der Waals surface area (Å²) in [5, 5.41) is 8.97. The number of hydrogen-bond acceptors (Lipinski definition) is 5. The van der Waals surface area contributed by atoms with Crippen molar-refractivity contribution in [2.24, 2.45) is 0 Å². The van der Waals surface area contributed by atoms with E-state index in [0.717, 1.165) is 22.8 Å². The molecule has 0 N–H and O–H groups in total. The summed E-state index contributed by atoms with van der Waals surface area (Å²) in [5.74, 6) is 2.36. The lowest BCUT2D eigenvalue weighted by molar-refractivity contribution is 0.521. The van der Waals surface area contributed by atoms with Crippen LogP contribution in [0.1, 0.15) is 17.0 Å². The van der Waals surface area contributed by atoms with Crippen LogP contribution in [0, 0.1) is 11.3 Å². The number of nitriles is 1. The average Bonchev–Trinajstić information content (AvgIpc) is 3.14. The molecule has 1 aliphatic rings. The zero-order chi connectivity index (χ0) is 14.9. The highest BCUT2D eigenvalue weighted by molar-refractivity contribution is 5.57. The molecule has 3 aromatic rings. The zero-order valence-electron chi connectivity index (χ0n) is 11.7. The summed E-state index contributed by atoms with van der Waals surface area (Å²) in [4.78, 5) is 11.0. The minimum Gasteiger partial charge on any atom is -0.439 e. The maximum Gasteiger partial charge on any atom is 0.226 e. The van der Waals surface area contributed by atoms with Gasteiger partial charge in [-0.1, -0.05) is 12.1 Å². The second-order valence-corrected chi connectivity index (χ2v) is 5.13. The Hall–Kier alpha value is -3.13. The molecule has 22 heavy (non-hydrogen) atoms. The Balaban J connectivity index is 1.61. The number of fused-ring (bicyclic) bond motifs is 1. The lowest BCUT2D eigenvalue weighted by Gasteiger charge is -2.15. The Labute approximate surface area is 127 Å².